The fourth-order valence-corrected chi connectivity index (χ4v) is 2.57. The van der Waals surface area contributed by atoms with Crippen LogP contribution >= 0.6 is 0 Å². The first-order valence-electron chi connectivity index (χ1n) is 8.00. The molecule has 3 rings (SSSR count). The first kappa shape index (κ1) is 15.5. The second kappa shape index (κ2) is 7.78. The van der Waals surface area contributed by atoms with Crippen LogP contribution in [-0.4, -0.2) is 5.78 Å². The van der Waals surface area contributed by atoms with Crippen LogP contribution in [0.25, 0.3) is 0 Å². The molecule has 1 fully saturated rings. The van der Waals surface area contributed by atoms with E-state index in [0.717, 1.165) is 17.0 Å². The highest BCUT2D eigenvalue weighted by atomic mass is 16.1. The predicted octanol–water partition coefficient (Wildman–Crippen LogP) is 5.41. The van der Waals surface area contributed by atoms with Crippen molar-refractivity contribution in [1.82, 2.24) is 0 Å². The summed E-state index contributed by atoms with van der Waals surface area (Å²) in [5, 5.41) is 0. The van der Waals surface area contributed by atoms with Crippen molar-refractivity contribution >= 4 is 5.78 Å². The lowest BCUT2D eigenvalue weighted by Crippen LogP contribution is -2.09. The molecule has 0 bridgehead atoms. The van der Waals surface area contributed by atoms with E-state index in [4.69, 9.17) is 0 Å². The number of Topliss-reactive ketones (excluding diaryl/α,β-unsaturated/α-hetero) is 1. The second-order valence-corrected chi connectivity index (χ2v) is 5.34. The molecule has 0 saturated heterocycles. The van der Waals surface area contributed by atoms with Crippen molar-refractivity contribution < 1.29 is 4.79 Å². The van der Waals surface area contributed by atoms with E-state index in [-0.39, 0.29) is 5.78 Å². The van der Waals surface area contributed by atoms with Crippen LogP contribution in [0.1, 0.15) is 60.5 Å². The maximum atomic E-state index is 12.2. The third kappa shape index (κ3) is 4.04. The molecule has 1 aliphatic carbocycles. The zero-order chi connectivity index (χ0) is 15.1. The first-order valence-corrected chi connectivity index (χ1v) is 8.00. The average molecular weight is 280 g/mol. The van der Waals surface area contributed by atoms with Crippen molar-refractivity contribution in [2.24, 2.45) is 0 Å². The van der Waals surface area contributed by atoms with Crippen molar-refractivity contribution in [2.75, 3.05) is 0 Å². The van der Waals surface area contributed by atoms with Crippen LogP contribution in [-0.2, 0) is 6.42 Å². The lowest BCUT2D eigenvalue weighted by atomic mass is 9.80. The summed E-state index contributed by atoms with van der Waals surface area (Å²) in [4.78, 5) is 12.2. The Labute approximate surface area is 128 Å². The Morgan fingerprint density at radius 3 is 2.10 bits per heavy atom. The number of benzene rings is 2. The van der Waals surface area contributed by atoms with Crippen molar-refractivity contribution in [1.29, 1.82) is 0 Å². The Kier molecular flexibility index (Phi) is 5.74. The Bertz CT molecular complexity index is 550. The van der Waals surface area contributed by atoms with E-state index in [1.165, 1.54) is 24.8 Å². The van der Waals surface area contributed by atoms with Gasteiger partial charge in [0, 0.05) is 12.0 Å². The lowest BCUT2D eigenvalue weighted by Gasteiger charge is -2.25. The van der Waals surface area contributed by atoms with Gasteiger partial charge in [0.15, 0.2) is 5.78 Å². The molecule has 0 spiro atoms. The minimum Gasteiger partial charge on any atom is -0.294 e. The standard InChI is InChI=1S/C18H18O.C2H6/c19-18(13-14-5-2-1-3-6-14)17-11-9-16(10-12-17)15-7-4-8-15;1-2/h1-3,5-6,9-12,15H,4,7-8,13H2;1-2H3. The van der Waals surface area contributed by atoms with Gasteiger partial charge in [-0.2, -0.15) is 0 Å². The summed E-state index contributed by atoms with van der Waals surface area (Å²) in [6.45, 7) is 4.00. The molecule has 1 saturated carbocycles. The van der Waals surface area contributed by atoms with Gasteiger partial charge < -0.3 is 0 Å². The monoisotopic (exact) mass is 280 g/mol. The molecule has 2 aromatic carbocycles. The van der Waals surface area contributed by atoms with Crippen LogP contribution in [0, 0.1) is 0 Å². The van der Waals surface area contributed by atoms with Gasteiger partial charge in [0.05, 0.1) is 0 Å². The summed E-state index contributed by atoms with van der Waals surface area (Å²) in [5.74, 6) is 0.935. The molecule has 0 heterocycles. The van der Waals surface area contributed by atoms with Gasteiger partial charge in [-0.05, 0) is 29.9 Å². The number of carbonyl (C=O) groups is 1. The van der Waals surface area contributed by atoms with Gasteiger partial charge in [-0.3, -0.25) is 4.79 Å². The highest BCUT2D eigenvalue weighted by Crippen LogP contribution is 2.36. The third-order valence-electron chi connectivity index (χ3n) is 4.02. The van der Waals surface area contributed by atoms with E-state index >= 15 is 0 Å². The van der Waals surface area contributed by atoms with Gasteiger partial charge in [0.25, 0.3) is 0 Å². The fourth-order valence-electron chi connectivity index (χ4n) is 2.57. The predicted molar refractivity (Wildman–Crippen MR) is 88.9 cm³/mol. The number of rotatable bonds is 4. The van der Waals surface area contributed by atoms with E-state index in [9.17, 15) is 4.79 Å². The maximum absolute atomic E-state index is 12.2. The summed E-state index contributed by atoms with van der Waals surface area (Å²) >= 11 is 0. The summed E-state index contributed by atoms with van der Waals surface area (Å²) in [7, 11) is 0. The highest BCUT2D eigenvalue weighted by molar-refractivity contribution is 5.97. The SMILES string of the molecule is CC.O=C(Cc1ccccc1)c1ccc(C2CCC2)cc1. The second-order valence-electron chi connectivity index (χ2n) is 5.34. The zero-order valence-corrected chi connectivity index (χ0v) is 13.0. The molecular formula is C20H24O. The van der Waals surface area contributed by atoms with Crippen molar-refractivity contribution in [3.05, 3.63) is 71.3 Å². The summed E-state index contributed by atoms with van der Waals surface area (Å²) in [6.07, 6.45) is 4.44. The summed E-state index contributed by atoms with van der Waals surface area (Å²) < 4.78 is 0. The number of hydrogen-bond donors (Lipinski definition) is 0. The van der Waals surface area contributed by atoms with Crippen LogP contribution in [0.2, 0.25) is 0 Å². The van der Waals surface area contributed by atoms with Gasteiger partial charge in [-0.1, -0.05) is 74.9 Å². The highest BCUT2D eigenvalue weighted by Gasteiger charge is 2.19. The largest absolute Gasteiger partial charge is 0.294 e. The van der Waals surface area contributed by atoms with E-state index < -0.39 is 0 Å². The van der Waals surface area contributed by atoms with Gasteiger partial charge in [-0.15, -0.1) is 0 Å². The summed E-state index contributed by atoms with van der Waals surface area (Å²) in [6, 6.07) is 18.1. The molecule has 0 aliphatic heterocycles. The first-order chi connectivity index (χ1) is 10.3. The van der Waals surface area contributed by atoms with E-state index in [0.29, 0.717) is 6.42 Å². The molecule has 110 valence electrons. The maximum Gasteiger partial charge on any atom is 0.167 e. The fraction of sp³-hybridized carbons (Fsp3) is 0.350. The van der Waals surface area contributed by atoms with Gasteiger partial charge in [-0.25, -0.2) is 0 Å². The van der Waals surface area contributed by atoms with Gasteiger partial charge in [0.2, 0.25) is 0 Å². The molecule has 0 unspecified atom stereocenters. The molecule has 0 aromatic heterocycles. The normalized spacial score (nSPS) is 13.8. The lowest BCUT2D eigenvalue weighted by molar-refractivity contribution is 0.0993. The molecule has 0 amide bonds. The summed E-state index contributed by atoms with van der Waals surface area (Å²) in [5.41, 5.74) is 3.30. The minimum absolute atomic E-state index is 0.200. The molecular weight excluding hydrogens is 256 g/mol. The molecule has 2 aromatic rings. The van der Waals surface area contributed by atoms with Crippen molar-refractivity contribution in [2.45, 2.75) is 45.4 Å². The van der Waals surface area contributed by atoms with Gasteiger partial charge in [0.1, 0.15) is 0 Å². The topological polar surface area (TPSA) is 17.1 Å². The Morgan fingerprint density at radius 2 is 1.57 bits per heavy atom. The number of hydrogen-bond acceptors (Lipinski definition) is 1. The molecule has 1 nitrogen and oxygen atoms in total. The molecule has 21 heavy (non-hydrogen) atoms. The van der Waals surface area contributed by atoms with Crippen molar-refractivity contribution in [3.63, 3.8) is 0 Å². The van der Waals surface area contributed by atoms with Crippen LogP contribution in [0.15, 0.2) is 54.6 Å². The quantitative estimate of drug-likeness (QED) is 0.685. The number of carbonyl (C=O) groups excluding carboxylic acids is 1. The average Bonchev–Trinajstić information content (AvgIpc) is 2.49. The molecule has 0 radical (unpaired) electrons. The number of ketones is 1. The van der Waals surface area contributed by atoms with Crippen molar-refractivity contribution in [3.8, 4) is 0 Å². The van der Waals surface area contributed by atoms with Crippen LogP contribution in [0.3, 0.4) is 0 Å². The smallest absolute Gasteiger partial charge is 0.167 e. The Hall–Kier alpha value is -1.89. The van der Waals surface area contributed by atoms with Crippen LogP contribution in [0.4, 0.5) is 0 Å². The minimum atomic E-state index is 0.200. The van der Waals surface area contributed by atoms with E-state index in [1.807, 2.05) is 56.3 Å². The molecule has 1 aliphatic rings. The Balaban J connectivity index is 0.000000774. The van der Waals surface area contributed by atoms with Gasteiger partial charge >= 0.3 is 0 Å². The molecule has 1 heteroatoms. The van der Waals surface area contributed by atoms with E-state index in [1.54, 1.807) is 0 Å². The Morgan fingerprint density at radius 1 is 0.952 bits per heavy atom. The van der Waals surface area contributed by atoms with Crippen LogP contribution in [0.5, 0.6) is 0 Å². The zero-order valence-electron chi connectivity index (χ0n) is 13.0. The molecule has 0 N–H and O–H groups in total. The van der Waals surface area contributed by atoms with E-state index in [2.05, 4.69) is 12.1 Å². The van der Waals surface area contributed by atoms with Crippen LogP contribution < -0.4 is 0 Å². The third-order valence-corrected chi connectivity index (χ3v) is 4.02. The molecule has 0 atom stereocenters.